The fourth-order valence-electron chi connectivity index (χ4n) is 3.09. The number of aryl methyl sites for hydroxylation is 1. The summed E-state index contributed by atoms with van der Waals surface area (Å²) in [6.45, 7) is 3.43. The molecule has 1 aliphatic heterocycles. The van der Waals surface area contributed by atoms with E-state index in [2.05, 4.69) is 15.5 Å². The van der Waals surface area contributed by atoms with E-state index in [-0.39, 0.29) is 5.69 Å². The Hall–Kier alpha value is -3.48. The normalized spacial score (nSPS) is 12.7. The van der Waals surface area contributed by atoms with Crippen molar-refractivity contribution in [3.8, 4) is 0 Å². The Morgan fingerprint density at radius 2 is 1.78 bits per heavy atom. The summed E-state index contributed by atoms with van der Waals surface area (Å²) in [6, 6.07) is 17.5. The van der Waals surface area contributed by atoms with E-state index in [1.807, 2.05) is 66.4 Å². The summed E-state index contributed by atoms with van der Waals surface area (Å²) >= 11 is 0. The third-order valence-electron chi connectivity index (χ3n) is 4.57. The van der Waals surface area contributed by atoms with Crippen LogP contribution in [-0.4, -0.2) is 27.2 Å². The molecule has 4 rings (SSSR count). The number of hydrogen-bond donors (Lipinski definition) is 1. The van der Waals surface area contributed by atoms with Gasteiger partial charge in [-0.25, -0.2) is 0 Å². The van der Waals surface area contributed by atoms with Crippen LogP contribution in [-0.2, 0) is 13.1 Å². The number of hydrogen-bond acceptors (Lipinski definition) is 5. The molecule has 1 amide bonds. The van der Waals surface area contributed by atoms with Crippen molar-refractivity contribution in [3.63, 3.8) is 0 Å². The molecule has 136 valence electrons. The van der Waals surface area contributed by atoms with Gasteiger partial charge >= 0.3 is 0 Å². The van der Waals surface area contributed by atoms with Crippen molar-refractivity contribution < 1.29 is 4.79 Å². The predicted octanol–water partition coefficient (Wildman–Crippen LogP) is 2.03. The van der Waals surface area contributed by atoms with E-state index in [0.29, 0.717) is 25.6 Å². The Morgan fingerprint density at radius 1 is 1.04 bits per heavy atom. The number of nitrogens with zero attached hydrogens (tertiary/aromatic N) is 4. The second-order valence-corrected chi connectivity index (χ2v) is 6.46. The van der Waals surface area contributed by atoms with Crippen LogP contribution < -0.4 is 15.8 Å². The standard InChI is InChI=1S/C20H19N5O2/c1-14-7-9-16(10-8-14)24-11-12-25-19(27)17(22-23-20(24)25)18(26)21-13-15-5-3-2-4-6-15/h2-10H,11-13H2,1H3,(H,21,26). The topological polar surface area (TPSA) is 80.1 Å². The molecule has 0 aliphatic carbocycles. The maximum atomic E-state index is 12.7. The van der Waals surface area contributed by atoms with Crippen LogP contribution in [0, 0.1) is 6.92 Å². The van der Waals surface area contributed by atoms with Gasteiger partial charge in [-0.2, -0.15) is 0 Å². The lowest BCUT2D eigenvalue weighted by Gasteiger charge is -2.16. The first-order chi connectivity index (χ1) is 13.1. The molecule has 0 unspecified atom stereocenters. The first-order valence-electron chi connectivity index (χ1n) is 8.77. The number of rotatable bonds is 4. The van der Waals surface area contributed by atoms with Crippen molar-refractivity contribution in [2.75, 3.05) is 11.4 Å². The number of carbonyl (C=O) groups is 1. The maximum absolute atomic E-state index is 12.7. The smallest absolute Gasteiger partial charge is 0.286 e. The minimum atomic E-state index is -0.513. The van der Waals surface area contributed by atoms with Crippen LogP contribution >= 0.6 is 0 Å². The molecule has 0 atom stereocenters. The highest BCUT2D eigenvalue weighted by Crippen LogP contribution is 2.26. The van der Waals surface area contributed by atoms with Crippen LogP contribution in [0.5, 0.6) is 0 Å². The van der Waals surface area contributed by atoms with Crippen LogP contribution in [0.25, 0.3) is 0 Å². The number of carbonyl (C=O) groups excluding carboxylic acids is 1. The number of anilines is 2. The van der Waals surface area contributed by atoms with Crippen molar-refractivity contribution in [1.29, 1.82) is 0 Å². The van der Waals surface area contributed by atoms with Crippen molar-refractivity contribution in [1.82, 2.24) is 20.1 Å². The van der Waals surface area contributed by atoms with Crippen molar-refractivity contribution >= 4 is 17.5 Å². The molecule has 27 heavy (non-hydrogen) atoms. The summed E-state index contributed by atoms with van der Waals surface area (Å²) in [6.07, 6.45) is 0. The number of benzene rings is 2. The number of aromatic nitrogens is 3. The van der Waals surface area contributed by atoms with E-state index >= 15 is 0 Å². The molecule has 0 spiro atoms. The zero-order chi connectivity index (χ0) is 18.8. The summed E-state index contributed by atoms with van der Waals surface area (Å²) in [7, 11) is 0. The van der Waals surface area contributed by atoms with Gasteiger partial charge in [0.15, 0.2) is 0 Å². The second kappa shape index (κ2) is 7.03. The number of amides is 1. The third kappa shape index (κ3) is 3.31. The van der Waals surface area contributed by atoms with E-state index in [9.17, 15) is 9.59 Å². The third-order valence-corrected chi connectivity index (χ3v) is 4.57. The van der Waals surface area contributed by atoms with Gasteiger partial charge in [0.1, 0.15) is 0 Å². The lowest BCUT2D eigenvalue weighted by atomic mass is 10.2. The van der Waals surface area contributed by atoms with Crippen molar-refractivity contribution in [2.45, 2.75) is 20.0 Å². The lowest BCUT2D eigenvalue weighted by Crippen LogP contribution is -2.34. The Morgan fingerprint density at radius 3 is 2.52 bits per heavy atom. The molecule has 7 heteroatoms. The van der Waals surface area contributed by atoms with Gasteiger partial charge in [-0.15, -0.1) is 10.2 Å². The fourth-order valence-corrected chi connectivity index (χ4v) is 3.09. The molecular formula is C20H19N5O2. The van der Waals surface area contributed by atoms with Gasteiger partial charge in [-0.3, -0.25) is 14.2 Å². The number of fused-ring (bicyclic) bond motifs is 1. The summed E-state index contributed by atoms with van der Waals surface area (Å²) < 4.78 is 1.50. The average molecular weight is 361 g/mol. The minimum Gasteiger partial charge on any atom is -0.346 e. The first-order valence-corrected chi connectivity index (χ1v) is 8.77. The van der Waals surface area contributed by atoms with Gasteiger partial charge < -0.3 is 10.2 Å². The summed E-state index contributed by atoms with van der Waals surface area (Å²) in [5, 5.41) is 10.8. The zero-order valence-electron chi connectivity index (χ0n) is 14.9. The Labute approximate surface area is 156 Å². The Kier molecular flexibility index (Phi) is 4.42. The largest absolute Gasteiger partial charge is 0.346 e. The van der Waals surface area contributed by atoms with Gasteiger partial charge in [0.2, 0.25) is 11.6 Å². The van der Waals surface area contributed by atoms with Crippen molar-refractivity contribution in [3.05, 3.63) is 81.8 Å². The predicted molar refractivity (Wildman–Crippen MR) is 102 cm³/mol. The minimum absolute atomic E-state index is 0.180. The molecule has 1 N–H and O–H groups in total. The molecule has 2 heterocycles. The molecule has 0 bridgehead atoms. The molecule has 3 aromatic rings. The van der Waals surface area contributed by atoms with E-state index in [0.717, 1.165) is 16.8 Å². The lowest BCUT2D eigenvalue weighted by molar-refractivity contribution is 0.0942. The Bertz CT molecular complexity index is 1030. The van der Waals surface area contributed by atoms with Gasteiger partial charge in [0.05, 0.1) is 0 Å². The monoisotopic (exact) mass is 361 g/mol. The molecule has 7 nitrogen and oxygen atoms in total. The molecule has 0 saturated heterocycles. The highest BCUT2D eigenvalue weighted by atomic mass is 16.2. The first kappa shape index (κ1) is 17.0. The molecule has 1 aromatic heterocycles. The van der Waals surface area contributed by atoms with Crippen LogP contribution in [0.15, 0.2) is 59.4 Å². The zero-order valence-corrected chi connectivity index (χ0v) is 14.9. The molecular weight excluding hydrogens is 342 g/mol. The van der Waals surface area contributed by atoms with Gasteiger partial charge in [0, 0.05) is 25.3 Å². The highest BCUT2D eigenvalue weighted by molar-refractivity contribution is 5.91. The van der Waals surface area contributed by atoms with E-state index in [4.69, 9.17) is 0 Å². The summed E-state index contributed by atoms with van der Waals surface area (Å²) in [5.74, 6) is -0.0519. The quantitative estimate of drug-likeness (QED) is 0.769. The van der Waals surface area contributed by atoms with Crippen LogP contribution in [0.2, 0.25) is 0 Å². The van der Waals surface area contributed by atoms with Crippen molar-refractivity contribution in [2.24, 2.45) is 0 Å². The molecule has 2 aromatic carbocycles. The number of nitrogens with one attached hydrogen (secondary N) is 1. The van der Waals surface area contributed by atoms with Gasteiger partial charge in [0.25, 0.3) is 11.5 Å². The summed E-state index contributed by atoms with van der Waals surface area (Å²) in [5.41, 5.74) is 2.46. The summed E-state index contributed by atoms with van der Waals surface area (Å²) in [4.78, 5) is 27.0. The fraction of sp³-hybridized carbons (Fsp3) is 0.200. The maximum Gasteiger partial charge on any atom is 0.286 e. The van der Waals surface area contributed by atoms with Gasteiger partial charge in [-0.1, -0.05) is 48.0 Å². The van der Waals surface area contributed by atoms with Gasteiger partial charge in [-0.05, 0) is 24.6 Å². The van der Waals surface area contributed by atoms with Crippen LogP contribution in [0.3, 0.4) is 0 Å². The van der Waals surface area contributed by atoms with Crippen LogP contribution in [0.4, 0.5) is 11.6 Å². The highest BCUT2D eigenvalue weighted by Gasteiger charge is 2.27. The SMILES string of the molecule is Cc1ccc(N2CCn3c2nnc(C(=O)NCc2ccccc2)c3=O)cc1. The second-order valence-electron chi connectivity index (χ2n) is 6.46. The average Bonchev–Trinajstić information content (AvgIpc) is 3.13. The molecule has 0 radical (unpaired) electrons. The molecule has 1 aliphatic rings. The van der Waals surface area contributed by atoms with Crippen LogP contribution in [0.1, 0.15) is 21.6 Å². The van der Waals surface area contributed by atoms with E-state index in [1.165, 1.54) is 4.57 Å². The Balaban J connectivity index is 1.56. The molecule has 0 fully saturated rings. The van der Waals surface area contributed by atoms with E-state index in [1.54, 1.807) is 0 Å². The van der Waals surface area contributed by atoms with E-state index < -0.39 is 11.5 Å². The molecule has 0 saturated carbocycles.